The molecule has 0 spiro atoms. The molecule has 0 aliphatic carbocycles. The molecule has 0 atom stereocenters. The van der Waals surface area contributed by atoms with Gasteiger partial charge in [-0.05, 0) is 88.2 Å². The molecule has 0 bridgehead atoms. The summed E-state index contributed by atoms with van der Waals surface area (Å²) in [6.45, 7) is 0. The van der Waals surface area contributed by atoms with Crippen LogP contribution in [0.1, 0.15) is 57.0 Å². The second-order valence-electron chi connectivity index (χ2n) is 12.6. The molecule has 3 aromatic carbocycles. The number of hydrogen-bond donors (Lipinski definition) is 0. The van der Waals surface area contributed by atoms with Crippen molar-refractivity contribution in [3.8, 4) is 0 Å². The van der Waals surface area contributed by atoms with E-state index in [-0.39, 0.29) is 0 Å². The van der Waals surface area contributed by atoms with Gasteiger partial charge < -0.3 is 0 Å². The number of aryl methyl sites for hydroxylation is 1. The van der Waals surface area contributed by atoms with Crippen LogP contribution in [0.15, 0.2) is 189 Å². The van der Waals surface area contributed by atoms with Gasteiger partial charge in [-0.2, -0.15) is 0 Å². The zero-order chi connectivity index (χ0) is 36.6. The van der Waals surface area contributed by atoms with Crippen LogP contribution >= 0.6 is 34.0 Å². The molecule has 0 saturated heterocycles. The second-order valence-corrected chi connectivity index (χ2v) is 15.6. The molecule has 6 aromatic rings. The minimum absolute atomic E-state index is 0.923. The van der Waals surface area contributed by atoms with Gasteiger partial charge in [0, 0.05) is 51.0 Å². The monoisotopic (exact) mass is 755 g/mol. The fraction of sp³-hybridized carbons (Fsp3) is 0.104. The van der Waals surface area contributed by atoms with Crippen molar-refractivity contribution in [2.75, 3.05) is 0 Å². The van der Waals surface area contributed by atoms with Crippen LogP contribution in [0.3, 0.4) is 0 Å². The van der Waals surface area contributed by atoms with Gasteiger partial charge in [-0.3, -0.25) is 15.0 Å². The predicted molar refractivity (Wildman–Crippen MR) is 239 cm³/mol. The van der Waals surface area contributed by atoms with E-state index in [0.29, 0.717) is 0 Å². The fourth-order valence-corrected chi connectivity index (χ4v) is 7.91. The maximum Gasteiger partial charge on any atom is 0.0669 e. The molecule has 0 fully saturated rings. The van der Waals surface area contributed by atoms with Gasteiger partial charge in [0.2, 0.25) is 0 Å². The van der Waals surface area contributed by atoms with Gasteiger partial charge in [-0.15, -0.1) is 34.0 Å². The number of aliphatic imine (C=N–C) groups is 3. The zero-order valence-corrected chi connectivity index (χ0v) is 32.4. The fourth-order valence-electron chi connectivity index (χ4n) is 5.96. The smallest absolute Gasteiger partial charge is 0.0669 e. The Kier molecular flexibility index (Phi) is 13.3. The lowest BCUT2D eigenvalue weighted by atomic mass is 10.1. The minimum Gasteiger partial charge on any atom is -0.257 e. The first kappa shape index (κ1) is 36.8. The van der Waals surface area contributed by atoms with E-state index in [9.17, 15) is 0 Å². The number of hydrogen-bond acceptors (Lipinski definition) is 6. The SMILES string of the molecule is C(=Cc1cccs1)C1=NC(c2ccccc2)=CC1.C1=C(c2ccccc2)N=C(/C=C/c2cccs2)C1.C1=C(c2ccccc2)N=C(CCc2cccs2)C1. The van der Waals surface area contributed by atoms with E-state index in [4.69, 9.17) is 4.99 Å². The van der Waals surface area contributed by atoms with Crippen LogP contribution in [0.25, 0.3) is 29.2 Å². The normalized spacial score (nSPS) is 14.7. The van der Waals surface area contributed by atoms with Crippen LogP contribution in [0, 0.1) is 0 Å². The molecule has 3 nitrogen and oxygen atoms in total. The van der Waals surface area contributed by atoms with E-state index in [1.54, 1.807) is 22.7 Å². The lowest BCUT2D eigenvalue weighted by Crippen LogP contribution is -1.95. The molecule has 3 aromatic heterocycles. The Morgan fingerprint density at radius 1 is 0.407 bits per heavy atom. The number of nitrogens with zero attached hydrogens (tertiary/aromatic N) is 3. The maximum atomic E-state index is 4.74. The zero-order valence-electron chi connectivity index (χ0n) is 30.0. The summed E-state index contributed by atoms with van der Waals surface area (Å²) in [5.41, 5.74) is 10.5. The van der Waals surface area contributed by atoms with E-state index in [1.165, 1.54) is 37.0 Å². The van der Waals surface area contributed by atoms with E-state index in [0.717, 1.165) is 60.6 Å². The van der Waals surface area contributed by atoms with E-state index >= 15 is 0 Å². The topological polar surface area (TPSA) is 37.1 Å². The minimum atomic E-state index is 0.923. The Bertz CT molecular complexity index is 2190. The van der Waals surface area contributed by atoms with Crippen LogP contribution in [0.5, 0.6) is 0 Å². The Morgan fingerprint density at radius 3 is 1.30 bits per heavy atom. The van der Waals surface area contributed by atoms with Crippen LogP contribution in [0.2, 0.25) is 0 Å². The summed E-state index contributed by atoms with van der Waals surface area (Å²) in [5, 5.41) is 6.31. The summed E-state index contributed by atoms with van der Waals surface area (Å²) in [7, 11) is 0. The summed E-state index contributed by atoms with van der Waals surface area (Å²) >= 11 is 5.32. The molecule has 0 unspecified atom stereocenters. The molecule has 0 radical (unpaired) electrons. The summed E-state index contributed by atoms with van der Waals surface area (Å²) < 4.78 is 0. The van der Waals surface area contributed by atoms with Gasteiger partial charge in [-0.1, -0.05) is 127 Å². The lowest BCUT2D eigenvalue weighted by molar-refractivity contribution is 1.05. The quantitative estimate of drug-likeness (QED) is 0.134. The van der Waals surface area contributed by atoms with E-state index in [1.807, 2.05) is 53.8 Å². The summed E-state index contributed by atoms with van der Waals surface area (Å²) in [6.07, 6.45) is 20.1. The van der Waals surface area contributed by atoms with Gasteiger partial charge >= 0.3 is 0 Å². The molecule has 6 heteroatoms. The maximum absolute atomic E-state index is 4.74. The Hall–Kier alpha value is -5.53. The van der Waals surface area contributed by atoms with Gasteiger partial charge in [0.25, 0.3) is 0 Å². The first-order chi connectivity index (χ1) is 26.7. The third kappa shape index (κ3) is 11.0. The van der Waals surface area contributed by atoms with Crippen LogP contribution in [-0.4, -0.2) is 17.1 Å². The van der Waals surface area contributed by atoms with Gasteiger partial charge in [0.1, 0.15) is 0 Å². The predicted octanol–water partition coefficient (Wildman–Crippen LogP) is 13.9. The molecule has 0 saturated carbocycles. The van der Waals surface area contributed by atoms with Gasteiger partial charge in [0.05, 0.1) is 17.1 Å². The molecule has 0 amide bonds. The van der Waals surface area contributed by atoms with Crippen molar-refractivity contribution >= 4 is 80.4 Å². The average Bonchev–Trinajstić information content (AvgIpc) is 4.09. The standard InChI is InChI=1S/C16H15NS.2C16H13NS/c3*1-2-5-13(6-3-1)16-11-9-14(17-16)8-10-15-7-4-12-18-15/h1-7,11-12H,8-10H2;2*1-8,10-12H,9H2/b;10-8+;. The summed E-state index contributed by atoms with van der Waals surface area (Å²) in [5.74, 6) is 0. The highest BCUT2D eigenvalue weighted by molar-refractivity contribution is 7.11. The Balaban J connectivity index is 0.000000125. The molecule has 3 aliphatic rings. The van der Waals surface area contributed by atoms with Gasteiger partial charge in [0.15, 0.2) is 0 Å². The largest absolute Gasteiger partial charge is 0.257 e. The Morgan fingerprint density at radius 2 is 0.852 bits per heavy atom. The first-order valence-corrected chi connectivity index (χ1v) is 20.8. The summed E-state index contributed by atoms with van der Waals surface area (Å²) in [4.78, 5) is 18.0. The van der Waals surface area contributed by atoms with Gasteiger partial charge in [-0.25, -0.2) is 0 Å². The highest BCUT2D eigenvalue weighted by atomic mass is 32.1. The Labute approximate surface area is 330 Å². The van der Waals surface area contributed by atoms with Crippen molar-refractivity contribution < 1.29 is 0 Å². The number of rotatable bonds is 10. The number of allylic oxidation sites excluding steroid dienone is 5. The van der Waals surface area contributed by atoms with Crippen LogP contribution in [-0.2, 0) is 6.42 Å². The molecular weight excluding hydrogens is 715 g/mol. The van der Waals surface area contributed by atoms with Crippen molar-refractivity contribution in [2.24, 2.45) is 15.0 Å². The van der Waals surface area contributed by atoms with Crippen LogP contribution < -0.4 is 0 Å². The molecule has 266 valence electrons. The molecule has 54 heavy (non-hydrogen) atoms. The van der Waals surface area contributed by atoms with Crippen molar-refractivity contribution in [1.29, 1.82) is 0 Å². The highest BCUT2D eigenvalue weighted by Crippen LogP contribution is 2.26. The highest BCUT2D eigenvalue weighted by Gasteiger charge is 2.11. The van der Waals surface area contributed by atoms with Crippen molar-refractivity contribution in [2.45, 2.75) is 32.1 Å². The first-order valence-electron chi connectivity index (χ1n) is 18.2. The van der Waals surface area contributed by atoms with Crippen molar-refractivity contribution in [3.05, 3.63) is 205 Å². The van der Waals surface area contributed by atoms with E-state index < -0.39 is 0 Å². The number of benzene rings is 3. The molecule has 3 aliphatic heterocycles. The third-order valence-electron chi connectivity index (χ3n) is 8.76. The molecular formula is C48H41N3S3. The summed E-state index contributed by atoms with van der Waals surface area (Å²) in [6, 6.07) is 43.7. The lowest BCUT2D eigenvalue weighted by Gasteiger charge is -1.99. The average molecular weight is 756 g/mol. The van der Waals surface area contributed by atoms with E-state index in [2.05, 4.69) is 154 Å². The van der Waals surface area contributed by atoms with Crippen molar-refractivity contribution in [3.63, 3.8) is 0 Å². The molecule has 6 heterocycles. The van der Waals surface area contributed by atoms with Crippen LogP contribution in [0.4, 0.5) is 0 Å². The molecule has 0 N–H and O–H groups in total. The van der Waals surface area contributed by atoms with Crippen molar-refractivity contribution in [1.82, 2.24) is 0 Å². The number of thiophene rings is 3. The molecule has 9 rings (SSSR count). The second kappa shape index (κ2) is 19.5. The third-order valence-corrected chi connectivity index (χ3v) is 11.4.